The Kier molecular flexibility index (Phi) is 4.83. The van der Waals surface area contributed by atoms with Crippen molar-refractivity contribution in [2.45, 2.75) is 12.5 Å². The Morgan fingerprint density at radius 2 is 2.29 bits per heavy atom. The molecule has 0 spiro atoms. The van der Waals surface area contributed by atoms with Crippen LogP contribution in [0.5, 0.6) is 0 Å². The third kappa shape index (κ3) is 4.59. The SMILES string of the molecule is C=CCC(NS(=O)(=O)CC#N)C(=O)O. The molecule has 0 aliphatic heterocycles. The molecule has 0 aliphatic carbocycles. The standard InChI is InChI=1S/C7H10N2O4S/c1-2-3-6(7(10)11)9-14(12,13)5-4-8/h2,6,9H,1,3,5H2,(H,10,11). The maximum Gasteiger partial charge on any atom is 0.322 e. The van der Waals surface area contributed by atoms with Crippen molar-refractivity contribution in [2.75, 3.05) is 5.75 Å². The average molecular weight is 218 g/mol. The van der Waals surface area contributed by atoms with Gasteiger partial charge in [-0.1, -0.05) is 6.08 Å². The normalized spacial score (nSPS) is 12.8. The smallest absolute Gasteiger partial charge is 0.322 e. The molecule has 0 aliphatic rings. The van der Waals surface area contributed by atoms with E-state index in [2.05, 4.69) is 6.58 Å². The Hall–Kier alpha value is -1.39. The van der Waals surface area contributed by atoms with Gasteiger partial charge >= 0.3 is 5.97 Å². The number of hydrogen-bond acceptors (Lipinski definition) is 4. The van der Waals surface area contributed by atoms with Crippen molar-refractivity contribution in [3.05, 3.63) is 12.7 Å². The van der Waals surface area contributed by atoms with Crippen LogP contribution in [0.3, 0.4) is 0 Å². The topological polar surface area (TPSA) is 107 Å². The first-order valence-corrected chi connectivity index (χ1v) is 5.29. The molecule has 6 nitrogen and oxygen atoms in total. The highest BCUT2D eigenvalue weighted by molar-refractivity contribution is 7.89. The van der Waals surface area contributed by atoms with Gasteiger partial charge in [-0.25, -0.2) is 8.42 Å². The number of aliphatic carboxylic acids is 1. The van der Waals surface area contributed by atoms with Gasteiger partial charge in [0.1, 0.15) is 6.04 Å². The molecule has 0 rings (SSSR count). The fraction of sp³-hybridized carbons (Fsp3) is 0.429. The number of nitrogens with one attached hydrogen (secondary N) is 1. The zero-order chi connectivity index (χ0) is 11.2. The van der Waals surface area contributed by atoms with Crippen LogP contribution in [0.1, 0.15) is 6.42 Å². The van der Waals surface area contributed by atoms with Crippen LogP contribution in [-0.4, -0.2) is 31.3 Å². The number of carbonyl (C=O) groups is 1. The number of nitriles is 1. The third-order valence-electron chi connectivity index (χ3n) is 1.28. The van der Waals surface area contributed by atoms with E-state index in [1.54, 1.807) is 0 Å². The molecule has 0 aromatic heterocycles. The minimum absolute atomic E-state index is 0.0278. The minimum Gasteiger partial charge on any atom is -0.480 e. The van der Waals surface area contributed by atoms with Crippen LogP contribution in [0.15, 0.2) is 12.7 Å². The molecule has 0 aromatic rings. The molecule has 0 radical (unpaired) electrons. The second kappa shape index (κ2) is 5.36. The fourth-order valence-electron chi connectivity index (χ4n) is 0.709. The van der Waals surface area contributed by atoms with Gasteiger partial charge in [0.25, 0.3) is 0 Å². The van der Waals surface area contributed by atoms with Crippen LogP contribution in [-0.2, 0) is 14.8 Å². The van der Waals surface area contributed by atoms with E-state index in [-0.39, 0.29) is 6.42 Å². The molecule has 0 bridgehead atoms. The summed E-state index contributed by atoms with van der Waals surface area (Å²) in [6, 6.07) is 0.167. The number of carboxylic acids is 1. The highest BCUT2D eigenvalue weighted by atomic mass is 32.2. The summed E-state index contributed by atoms with van der Waals surface area (Å²) in [6.07, 6.45) is 1.26. The first-order valence-electron chi connectivity index (χ1n) is 3.63. The average Bonchev–Trinajstić information content (AvgIpc) is 2.02. The van der Waals surface area contributed by atoms with E-state index in [0.29, 0.717) is 0 Å². The Labute approximate surface area is 81.9 Å². The van der Waals surface area contributed by atoms with Crippen LogP contribution in [0.25, 0.3) is 0 Å². The summed E-state index contributed by atoms with van der Waals surface area (Å²) in [5, 5.41) is 16.7. The lowest BCUT2D eigenvalue weighted by Gasteiger charge is -2.10. The molecule has 0 saturated carbocycles. The Morgan fingerprint density at radius 1 is 1.71 bits per heavy atom. The van der Waals surface area contributed by atoms with E-state index in [1.807, 2.05) is 4.72 Å². The van der Waals surface area contributed by atoms with Crippen molar-refractivity contribution in [3.8, 4) is 6.07 Å². The van der Waals surface area contributed by atoms with Gasteiger partial charge in [-0.3, -0.25) is 4.79 Å². The maximum atomic E-state index is 11.0. The summed E-state index contributed by atoms with van der Waals surface area (Å²) in [7, 11) is -3.84. The highest BCUT2D eigenvalue weighted by Crippen LogP contribution is 1.96. The molecule has 0 amide bonds. The Bertz CT molecular complexity index is 354. The minimum atomic E-state index is -3.84. The van der Waals surface area contributed by atoms with E-state index in [9.17, 15) is 13.2 Å². The summed E-state index contributed by atoms with van der Waals surface area (Å²) >= 11 is 0. The van der Waals surface area contributed by atoms with Crippen molar-refractivity contribution in [1.82, 2.24) is 4.72 Å². The van der Waals surface area contributed by atoms with Gasteiger partial charge in [-0.15, -0.1) is 6.58 Å². The number of carboxylic acid groups (broad SMARTS) is 1. The van der Waals surface area contributed by atoms with Crippen molar-refractivity contribution in [3.63, 3.8) is 0 Å². The van der Waals surface area contributed by atoms with Crippen LogP contribution in [0.4, 0.5) is 0 Å². The molecular weight excluding hydrogens is 208 g/mol. The van der Waals surface area contributed by atoms with Gasteiger partial charge in [0, 0.05) is 0 Å². The molecule has 1 atom stereocenters. The lowest BCUT2D eigenvalue weighted by Crippen LogP contribution is -2.41. The maximum absolute atomic E-state index is 11.0. The lowest BCUT2D eigenvalue weighted by molar-refractivity contribution is -0.138. The fourth-order valence-corrected chi connectivity index (χ4v) is 1.59. The van der Waals surface area contributed by atoms with Crippen LogP contribution < -0.4 is 4.72 Å². The second-order valence-electron chi connectivity index (χ2n) is 2.45. The molecule has 1 unspecified atom stereocenters. The molecular formula is C7H10N2O4S. The first-order chi connectivity index (χ1) is 6.43. The van der Waals surface area contributed by atoms with E-state index in [1.165, 1.54) is 12.1 Å². The summed E-state index contributed by atoms with van der Waals surface area (Å²) in [4.78, 5) is 10.5. The third-order valence-corrected chi connectivity index (χ3v) is 2.43. The van der Waals surface area contributed by atoms with Crippen LogP contribution in [0, 0.1) is 11.3 Å². The summed E-state index contributed by atoms with van der Waals surface area (Å²) < 4.78 is 23.9. The van der Waals surface area contributed by atoms with Gasteiger partial charge in [-0.05, 0) is 6.42 Å². The predicted octanol–water partition coefficient (Wildman–Crippen LogP) is -0.541. The molecule has 14 heavy (non-hydrogen) atoms. The summed E-state index contributed by atoms with van der Waals surface area (Å²) in [5.74, 6) is -2.06. The van der Waals surface area contributed by atoms with Crippen molar-refractivity contribution < 1.29 is 18.3 Å². The Morgan fingerprint density at radius 3 is 2.64 bits per heavy atom. The lowest BCUT2D eigenvalue weighted by atomic mass is 10.2. The van der Waals surface area contributed by atoms with E-state index >= 15 is 0 Å². The van der Waals surface area contributed by atoms with Gasteiger partial charge in [-0.2, -0.15) is 9.98 Å². The van der Waals surface area contributed by atoms with E-state index < -0.39 is 27.8 Å². The van der Waals surface area contributed by atoms with Gasteiger partial charge in [0.2, 0.25) is 10.0 Å². The van der Waals surface area contributed by atoms with Crippen LogP contribution in [0.2, 0.25) is 0 Å². The number of rotatable bonds is 6. The highest BCUT2D eigenvalue weighted by Gasteiger charge is 2.22. The first kappa shape index (κ1) is 12.6. The van der Waals surface area contributed by atoms with Crippen molar-refractivity contribution in [2.24, 2.45) is 0 Å². The zero-order valence-corrected chi connectivity index (χ0v) is 8.12. The van der Waals surface area contributed by atoms with Gasteiger partial charge < -0.3 is 5.11 Å². The molecule has 0 aromatic carbocycles. The summed E-state index contributed by atoms with van der Waals surface area (Å²) in [6.45, 7) is 3.30. The molecule has 0 heterocycles. The largest absolute Gasteiger partial charge is 0.480 e. The summed E-state index contributed by atoms with van der Waals surface area (Å²) in [5.41, 5.74) is 0. The van der Waals surface area contributed by atoms with E-state index in [4.69, 9.17) is 10.4 Å². The number of nitrogens with zero attached hydrogens (tertiary/aromatic N) is 1. The van der Waals surface area contributed by atoms with Gasteiger partial charge in [0.05, 0.1) is 6.07 Å². The number of sulfonamides is 1. The molecule has 0 fully saturated rings. The van der Waals surface area contributed by atoms with Crippen molar-refractivity contribution in [1.29, 1.82) is 5.26 Å². The quantitative estimate of drug-likeness (QED) is 0.582. The Balaban J connectivity index is 4.53. The number of hydrogen-bond donors (Lipinski definition) is 2. The molecule has 0 saturated heterocycles. The molecule has 78 valence electrons. The van der Waals surface area contributed by atoms with Crippen molar-refractivity contribution >= 4 is 16.0 Å². The van der Waals surface area contributed by atoms with Gasteiger partial charge in [0.15, 0.2) is 5.75 Å². The second-order valence-corrected chi connectivity index (χ2v) is 4.20. The van der Waals surface area contributed by atoms with E-state index in [0.717, 1.165) is 0 Å². The van der Waals surface area contributed by atoms with Crippen LogP contribution >= 0.6 is 0 Å². The molecule has 2 N–H and O–H groups in total. The zero-order valence-electron chi connectivity index (χ0n) is 7.30. The predicted molar refractivity (Wildman–Crippen MR) is 48.8 cm³/mol. The molecule has 7 heteroatoms. The monoisotopic (exact) mass is 218 g/mol.